The Kier molecular flexibility index (Phi) is 5.28. The lowest BCUT2D eigenvalue weighted by atomic mass is 9.83. The highest BCUT2D eigenvalue weighted by Crippen LogP contribution is 2.38. The van der Waals surface area contributed by atoms with Crippen LogP contribution in [0, 0.1) is 23.7 Å². The van der Waals surface area contributed by atoms with Crippen molar-refractivity contribution in [2.75, 3.05) is 7.05 Å². The Morgan fingerprint density at radius 3 is 2.19 bits per heavy atom. The van der Waals surface area contributed by atoms with E-state index < -0.39 is 11.9 Å². The number of carboxylic acid groups (broad SMARTS) is 1. The number of carboxylic acids is 1. The summed E-state index contributed by atoms with van der Waals surface area (Å²) in [5.41, 5.74) is 0. The van der Waals surface area contributed by atoms with E-state index in [0.29, 0.717) is 18.4 Å². The topological polar surface area (TPSA) is 57.6 Å². The van der Waals surface area contributed by atoms with Gasteiger partial charge in [-0.15, -0.1) is 0 Å². The Hall–Kier alpha value is -1.06. The van der Waals surface area contributed by atoms with Crippen molar-refractivity contribution < 1.29 is 14.7 Å². The summed E-state index contributed by atoms with van der Waals surface area (Å²) in [5, 5.41) is 9.34. The Morgan fingerprint density at radius 2 is 1.67 bits per heavy atom. The molecule has 0 aliphatic heterocycles. The highest BCUT2D eigenvalue weighted by atomic mass is 16.4. The molecule has 0 bridgehead atoms. The van der Waals surface area contributed by atoms with E-state index in [4.69, 9.17) is 0 Å². The first-order chi connectivity index (χ1) is 9.93. The Labute approximate surface area is 127 Å². The molecule has 2 aliphatic rings. The fraction of sp³-hybridized carbons (Fsp3) is 0.882. The van der Waals surface area contributed by atoms with Crippen LogP contribution in [0.15, 0.2) is 0 Å². The van der Waals surface area contributed by atoms with Crippen molar-refractivity contribution in [1.29, 1.82) is 0 Å². The average Bonchev–Trinajstić information content (AvgIpc) is 2.88. The van der Waals surface area contributed by atoms with Gasteiger partial charge in [0.1, 0.15) is 0 Å². The zero-order valence-electron chi connectivity index (χ0n) is 13.5. The largest absolute Gasteiger partial charge is 0.481 e. The van der Waals surface area contributed by atoms with Gasteiger partial charge in [0.15, 0.2) is 0 Å². The molecule has 0 aromatic heterocycles. The van der Waals surface area contributed by atoms with Crippen LogP contribution >= 0.6 is 0 Å². The predicted octanol–water partition coefficient (Wildman–Crippen LogP) is 3.16. The van der Waals surface area contributed by atoms with E-state index in [2.05, 4.69) is 13.8 Å². The fourth-order valence-corrected chi connectivity index (χ4v) is 4.22. The third kappa shape index (κ3) is 3.58. The number of aliphatic carboxylic acids is 1. The molecular weight excluding hydrogens is 266 g/mol. The molecular formula is C17H29NO3. The van der Waals surface area contributed by atoms with Gasteiger partial charge < -0.3 is 10.0 Å². The van der Waals surface area contributed by atoms with Gasteiger partial charge >= 0.3 is 5.97 Å². The van der Waals surface area contributed by atoms with E-state index in [0.717, 1.165) is 25.2 Å². The lowest BCUT2D eigenvalue weighted by Crippen LogP contribution is -2.44. The molecule has 21 heavy (non-hydrogen) atoms. The second-order valence-corrected chi connectivity index (χ2v) is 7.16. The molecule has 2 aliphatic carbocycles. The van der Waals surface area contributed by atoms with Crippen LogP contribution in [0.4, 0.5) is 0 Å². The summed E-state index contributed by atoms with van der Waals surface area (Å²) in [7, 11) is 1.88. The maximum absolute atomic E-state index is 12.7. The summed E-state index contributed by atoms with van der Waals surface area (Å²) in [5.74, 6) is -0.395. The minimum absolute atomic E-state index is 0.0618. The van der Waals surface area contributed by atoms with Crippen LogP contribution in [0.25, 0.3) is 0 Å². The SMILES string of the molecule is CCC1CCC(N(C)C(=O)C2CC(C)CC2C(=O)O)CC1. The van der Waals surface area contributed by atoms with Gasteiger partial charge in [-0.25, -0.2) is 0 Å². The number of carbonyl (C=O) groups excluding carboxylic acids is 1. The van der Waals surface area contributed by atoms with Gasteiger partial charge in [-0.05, 0) is 50.4 Å². The lowest BCUT2D eigenvalue weighted by molar-refractivity contribution is -0.149. The minimum atomic E-state index is -0.805. The first-order valence-corrected chi connectivity index (χ1v) is 8.43. The molecule has 2 rings (SSSR count). The molecule has 1 N–H and O–H groups in total. The zero-order valence-corrected chi connectivity index (χ0v) is 13.5. The molecule has 3 atom stereocenters. The van der Waals surface area contributed by atoms with Crippen molar-refractivity contribution >= 4 is 11.9 Å². The standard InChI is InChI=1S/C17H29NO3/c1-4-12-5-7-13(8-6-12)18(3)16(19)14-9-11(2)10-15(14)17(20)21/h11-15H,4-10H2,1-3H3,(H,20,21). The summed E-state index contributed by atoms with van der Waals surface area (Å²) >= 11 is 0. The summed E-state index contributed by atoms with van der Waals surface area (Å²) in [6.07, 6.45) is 7.13. The maximum atomic E-state index is 12.7. The van der Waals surface area contributed by atoms with Crippen LogP contribution in [0.1, 0.15) is 58.8 Å². The van der Waals surface area contributed by atoms with E-state index in [1.54, 1.807) is 0 Å². The molecule has 0 saturated heterocycles. The highest BCUT2D eigenvalue weighted by Gasteiger charge is 2.43. The molecule has 2 saturated carbocycles. The molecule has 0 heterocycles. The van der Waals surface area contributed by atoms with Crippen molar-refractivity contribution in [2.45, 2.75) is 64.8 Å². The third-order valence-corrected chi connectivity index (χ3v) is 5.72. The second-order valence-electron chi connectivity index (χ2n) is 7.16. The number of carbonyl (C=O) groups is 2. The molecule has 4 nitrogen and oxygen atoms in total. The van der Waals surface area contributed by atoms with Gasteiger partial charge in [-0.2, -0.15) is 0 Å². The van der Waals surface area contributed by atoms with E-state index in [-0.39, 0.29) is 11.8 Å². The fourth-order valence-electron chi connectivity index (χ4n) is 4.22. The Morgan fingerprint density at radius 1 is 1.10 bits per heavy atom. The summed E-state index contributed by atoms with van der Waals surface area (Å²) in [6.45, 7) is 4.28. The molecule has 120 valence electrons. The van der Waals surface area contributed by atoms with Crippen molar-refractivity contribution in [2.24, 2.45) is 23.7 Å². The molecule has 3 unspecified atom stereocenters. The van der Waals surface area contributed by atoms with E-state index in [1.165, 1.54) is 19.3 Å². The molecule has 0 aromatic rings. The minimum Gasteiger partial charge on any atom is -0.481 e. The lowest BCUT2D eigenvalue weighted by Gasteiger charge is -2.36. The van der Waals surface area contributed by atoms with Gasteiger partial charge in [-0.3, -0.25) is 9.59 Å². The third-order valence-electron chi connectivity index (χ3n) is 5.72. The number of amides is 1. The summed E-state index contributed by atoms with van der Waals surface area (Å²) < 4.78 is 0. The number of hydrogen-bond acceptors (Lipinski definition) is 2. The normalized spacial score (nSPS) is 36.4. The number of rotatable bonds is 4. The van der Waals surface area contributed by atoms with Crippen LogP contribution in [0.2, 0.25) is 0 Å². The number of nitrogens with zero attached hydrogens (tertiary/aromatic N) is 1. The molecule has 0 aromatic carbocycles. The monoisotopic (exact) mass is 295 g/mol. The second kappa shape index (κ2) is 6.80. The van der Waals surface area contributed by atoms with Gasteiger partial charge in [0.2, 0.25) is 5.91 Å². The number of hydrogen-bond donors (Lipinski definition) is 1. The zero-order chi connectivity index (χ0) is 15.6. The predicted molar refractivity (Wildman–Crippen MR) is 81.8 cm³/mol. The van der Waals surface area contributed by atoms with Crippen LogP contribution in [0.3, 0.4) is 0 Å². The van der Waals surface area contributed by atoms with Gasteiger partial charge in [0.25, 0.3) is 0 Å². The molecule has 4 heteroatoms. The van der Waals surface area contributed by atoms with Crippen LogP contribution in [-0.2, 0) is 9.59 Å². The molecule has 0 spiro atoms. The van der Waals surface area contributed by atoms with Gasteiger partial charge in [0, 0.05) is 13.1 Å². The van der Waals surface area contributed by atoms with Crippen LogP contribution in [-0.4, -0.2) is 35.0 Å². The van der Waals surface area contributed by atoms with Crippen molar-refractivity contribution in [3.63, 3.8) is 0 Å². The average molecular weight is 295 g/mol. The molecule has 2 fully saturated rings. The molecule has 0 radical (unpaired) electrons. The van der Waals surface area contributed by atoms with Gasteiger partial charge in [0.05, 0.1) is 11.8 Å². The Balaban J connectivity index is 1.97. The molecule has 1 amide bonds. The van der Waals surface area contributed by atoms with Crippen molar-refractivity contribution in [3.05, 3.63) is 0 Å². The van der Waals surface area contributed by atoms with Crippen LogP contribution in [0.5, 0.6) is 0 Å². The first-order valence-electron chi connectivity index (χ1n) is 8.43. The van der Waals surface area contributed by atoms with Crippen molar-refractivity contribution in [1.82, 2.24) is 4.90 Å². The quantitative estimate of drug-likeness (QED) is 0.866. The summed E-state index contributed by atoms with van der Waals surface area (Å²) in [6, 6.07) is 0.311. The van der Waals surface area contributed by atoms with E-state index in [1.807, 2.05) is 11.9 Å². The smallest absolute Gasteiger partial charge is 0.307 e. The van der Waals surface area contributed by atoms with Crippen molar-refractivity contribution in [3.8, 4) is 0 Å². The maximum Gasteiger partial charge on any atom is 0.307 e. The van der Waals surface area contributed by atoms with Gasteiger partial charge in [-0.1, -0.05) is 20.3 Å². The van der Waals surface area contributed by atoms with Crippen LogP contribution < -0.4 is 0 Å². The van der Waals surface area contributed by atoms with E-state index >= 15 is 0 Å². The first kappa shape index (κ1) is 16.3. The summed E-state index contributed by atoms with van der Waals surface area (Å²) in [4.78, 5) is 26.0. The highest BCUT2D eigenvalue weighted by molar-refractivity contribution is 5.85. The van der Waals surface area contributed by atoms with E-state index in [9.17, 15) is 14.7 Å². The Bertz CT molecular complexity index is 387.